The molecule has 0 bridgehead atoms. The van der Waals surface area contributed by atoms with Gasteiger partial charge in [-0.15, -0.1) is 0 Å². The molecule has 80 valence electrons. The van der Waals surface area contributed by atoms with Crippen LogP contribution in [-0.4, -0.2) is 34.6 Å². The lowest BCUT2D eigenvalue weighted by Gasteiger charge is -2.14. The van der Waals surface area contributed by atoms with Crippen molar-refractivity contribution in [1.82, 2.24) is 14.5 Å². The zero-order valence-corrected chi connectivity index (χ0v) is 9.35. The van der Waals surface area contributed by atoms with Crippen LogP contribution in [0.2, 0.25) is 0 Å². The smallest absolute Gasteiger partial charge is 0.0958 e. The summed E-state index contributed by atoms with van der Waals surface area (Å²) >= 11 is 0. The maximum atomic E-state index is 4.37. The van der Waals surface area contributed by atoms with Crippen LogP contribution in [0.1, 0.15) is 6.92 Å². The minimum atomic E-state index is 1.00. The van der Waals surface area contributed by atoms with Crippen LogP contribution >= 0.6 is 0 Å². The number of aromatic nitrogens is 2. The molecule has 2 aromatic rings. The molecule has 15 heavy (non-hydrogen) atoms. The normalized spacial score (nSPS) is 11.4. The molecule has 0 unspecified atom stereocenters. The topological polar surface area (TPSA) is 21.1 Å². The van der Waals surface area contributed by atoms with Crippen molar-refractivity contribution < 1.29 is 0 Å². The highest BCUT2D eigenvalue weighted by molar-refractivity contribution is 5.74. The predicted octanol–water partition coefficient (Wildman–Crippen LogP) is 1.99. The van der Waals surface area contributed by atoms with Crippen molar-refractivity contribution in [1.29, 1.82) is 0 Å². The standard InChI is InChI=1S/C12H17N3/c1-3-14(2)8-9-15-10-13-11-6-4-5-7-12(11)15/h4-7,10H,3,8-9H2,1-2H3. The van der Waals surface area contributed by atoms with E-state index in [1.807, 2.05) is 12.4 Å². The third-order valence-corrected chi connectivity index (χ3v) is 2.79. The molecule has 0 amide bonds. The molecular weight excluding hydrogens is 186 g/mol. The van der Waals surface area contributed by atoms with E-state index in [2.05, 4.69) is 46.6 Å². The Hall–Kier alpha value is -1.35. The van der Waals surface area contributed by atoms with Gasteiger partial charge < -0.3 is 9.47 Å². The summed E-state index contributed by atoms with van der Waals surface area (Å²) in [5, 5.41) is 0. The van der Waals surface area contributed by atoms with E-state index in [1.165, 1.54) is 5.52 Å². The molecule has 1 aromatic heterocycles. The Labute approximate surface area is 90.3 Å². The second-order valence-corrected chi connectivity index (χ2v) is 3.82. The first-order valence-electron chi connectivity index (χ1n) is 5.39. The van der Waals surface area contributed by atoms with E-state index in [9.17, 15) is 0 Å². The molecule has 3 heteroatoms. The average Bonchev–Trinajstić information content (AvgIpc) is 2.69. The molecule has 2 rings (SSSR count). The number of imidazole rings is 1. The second kappa shape index (κ2) is 4.45. The molecule has 0 spiro atoms. The van der Waals surface area contributed by atoms with E-state index in [4.69, 9.17) is 0 Å². The molecule has 0 aliphatic rings. The average molecular weight is 203 g/mol. The highest BCUT2D eigenvalue weighted by Crippen LogP contribution is 2.11. The molecule has 0 saturated carbocycles. The van der Waals surface area contributed by atoms with Gasteiger partial charge in [0.1, 0.15) is 0 Å². The van der Waals surface area contributed by atoms with Crippen LogP contribution in [0.25, 0.3) is 11.0 Å². The number of likely N-dealkylation sites (N-methyl/N-ethyl adjacent to an activating group) is 1. The lowest BCUT2D eigenvalue weighted by molar-refractivity contribution is 0.337. The van der Waals surface area contributed by atoms with Crippen LogP contribution < -0.4 is 0 Å². The van der Waals surface area contributed by atoms with Gasteiger partial charge in [-0.05, 0) is 25.7 Å². The summed E-state index contributed by atoms with van der Waals surface area (Å²) in [6.07, 6.45) is 1.92. The molecule has 3 nitrogen and oxygen atoms in total. The quantitative estimate of drug-likeness (QED) is 0.757. The molecule has 0 saturated heterocycles. The maximum Gasteiger partial charge on any atom is 0.0958 e. The van der Waals surface area contributed by atoms with Gasteiger partial charge >= 0.3 is 0 Å². The molecule has 0 aliphatic carbocycles. The SMILES string of the molecule is CCN(C)CCn1cnc2ccccc21. The van der Waals surface area contributed by atoms with Gasteiger partial charge in [-0.3, -0.25) is 0 Å². The highest BCUT2D eigenvalue weighted by Gasteiger charge is 2.01. The van der Waals surface area contributed by atoms with Crippen LogP contribution in [0.3, 0.4) is 0 Å². The minimum absolute atomic E-state index is 1.00. The molecule has 0 aliphatic heterocycles. The predicted molar refractivity (Wildman–Crippen MR) is 62.9 cm³/mol. The molecular formula is C12H17N3. The van der Waals surface area contributed by atoms with E-state index in [-0.39, 0.29) is 0 Å². The number of benzene rings is 1. The second-order valence-electron chi connectivity index (χ2n) is 3.82. The van der Waals surface area contributed by atoms with Gasteiger partial charge in [0, 0.05) is 13.1 Å². The van der Waals surface area contributed by atoms with E-state index in [1.54, 1.807) is 0 Å². The monoisotopic (exact) mass is 203 g/mol. The Bertz CT molecular complexity index is 433. The lowest BCUT2D eigenvalue weighted by Crippen LogP contribution is -2.22. The molecule has 0 atom stereocenters. The van der Waals surface area contributed by atoms with Crippen LogP contribution in [0.5, 0.6) is 0 Å². The number of para-hydroxylation sites is 2. The first kappa shape index (κ1) is 10.2. The molecule has 1 aromatic carbocycles. The summed E-state index contributed by atoms with van der Waals surface area (Å²) in [6, 6.07) is 8.26. The third kappa shape index (κ3) is 2.18. The van der Waals surface area contributed by atoms with Gasteiger partial charge in [0.25, 0.3) is 0 Å². The summed E-state index contributed by atoms with van der Waals surface area (Å²) in [7, 11) is 2.14. The van der Waals surface area contributed by atoms with Crippen molar-refractivity contribution in [2.45, 2.75) is 13.5 Å². The van der Waals surface area contributed by atoms with Crippen LogP contribution in [0.4, 0.5) is 0 Å². The Kier molecular flexibility index (Phi) is 3.02. The van der Waals surface area contributed by atoms with Gasteiger partial charge in [-0.2, -0.15) is 0 Å². The van der Waals surface area contributed by atoms with Gasteiger partial charge in [-0.1, -0.05) is 19.1 Å². The Morgan fingerprint density at radius 3 is 2.93 bits per heavy atom. The number of rotatable bonds is 4. The van der Waals surface area contributed by atoms with Crippen molar-refractivity contribution in [3.63, 3.8) is 0 Å². The molecule has 0 radical (unpaired) electrons. The number of hydrogen-bond acceptors (Lipinski definition) is 2. The van der Waals surface area contributed by atoms with E-state index in [0.717, 1.165) is 25.2 Å². The first-order chi connectivity index (χ1) is 7.31. The van der Waals surface area contributed by atoms with E-state index < -0.39 is 0 Å². The van der Waals surface area contributed by atoms with Crippen molar-refractivity contribution in [2.75, 3.05) is 20.1 Å². The Morgan fingerprint density at radius 1 is 1.33 bits per heavy atom. The summed E-state index contributed by atoms with van der Waals surface area (Å²) in [5.74, 6) is 0. The molecule has 0 fully saturated rings. The fourth-order valence-corrected chi connectivity index (χ4v) is 1.63. The van der Waals surface area contributed by atoms with E-state index >= 15 is 0 Å². The fourth-order valence-electron chi connectivity index (χ4n) is 1.63. The Balaban J connectivity index is 2.14. The zero-order valence-electron chi connectivity index (χ0n) is 9.35. The number of hydrogen-bond donors (Lipinski definition) is 0. The maximum absolute atomic E-state index is 4.37. The summed E-state index contributed by atoms with van der Waals surface area (Å²) in [4.78, 5) is 6.67. The van der Waals surface area contributed by atoms with Gasteiger partial charge in [0.05, 0.1) is 17.4 Å². The summed E-state index contributed by atoms with van der Waals surface area (Å²) < 4.78 is 2.21. The lowest BCUT2D eigenvalue weighted by atomic mass is 10.3. The van der Waals surface area contributed by atoms with Crippen LogP contribution in [0.15, 0.2) is 30.6 Å². The number of nitrogens with zero attached hydrogens (tertiary/aromatic N) is 3. The van der Waals surface area contributed by atoms with Crippen LogP contribution in [-0.2, 0) is 6.54 Å². The van der Waals surface area contributed by atoms with Crippen molar-refractivity contribution >= 4 is 11.0 Å². The van der Waals surface area contributed by atoms with Gasteiger partial charge in [0.2, 0.25) is 0 Å². The van der Waals surface area contributed by atoms with Gasteiger partial charge in [0.15, 0.2) is 0 Å². The van der Waals surface area contributed by atoms with Crippen molar-refractivity contribution in [3.8, 4) is 0 Å². The molecule has 1 heterocycles. The van der Waals surface area contributed by atoms with E-state index in [0.29, 0.717) is 0 Å². The largest absolute Gasteiger partial charge is 0.329 e. The van der Waals surface area contributed by atoms with Crippen molar-refractivity contribution in [3.05, 3.63) is 30.6 Å². The first-order valence-corrected chi connectivity index (χ1v) is 5.39. The van der Waals surface area contributed by atoms with Gasteiger partial charge in [-0.25, -0.2) is 4.98 Å². The van der Waals surface area contributed by atoms with Crippen molar-refractivity contribution in [2.24, 2.45) is 0 Å². The molecule has 0 N–H and O–H groups in total. The summed E-state index contributed by atoms with van der Waals surface area (Å²) in [6.45, 7) is 5.33. The highest BCUT2D eigenvalue weighted by atomic mass is 15.1. The fraction of sp³-hybridized carbons (Fsp3) is 0.417. The summed E-state index contributed by atoms with van der Waals surface area (Å²) in [5.41, 5.74) is 2.30. The zero-order chi connectivity index (χ0) is 10.7. The van der Waals surface area contributed by atoms with Crippen LogP contribution in [0, 0.1) is 0 Å². The Morgan fingerprint density at radius 2 is 2.13 bits per heavy atom. The third-order valence-electron chi connectivity index (χ3n) is 2.79. The number of fused-ring (bicyclic) bond motifs is 1. The minimum Gasteiger partial charge on any atom is -0.329 e.